The first-order valence-corrected chi connectivity index (χ1v) is 14.2. The van der Waals surface area contributed by atoms with Crippen LogP contribution in [-0.4, -0.2) is 104 Å². The van der Waals surface area contributed by atoms with E-state index >= 15 is 0 Å². The van der Waals surface area contributed by atoms with Crippen LogP contribution < -0.4 is 0 Å². The molecule has 2 aliphatic heterocycles. The Labute approximate surface area is 241 Å². The fourth-order valence-electron chi connectivity index (χ4n) is 6.86. The second-order valence-electron chi connectivity index (χ2n) is 11.5. The maximum absolute atomic E-state index is 13.6. The Hall–Kier alpha value is -3.10. The molecule has 42 heavy (non-hydrogen) atoms. The lowest BCUT2D eigenvalue weighted by molar-refractivity contribution is -0.264. The third kappa shape index (κ3) is 4.32. The lowest BCUT2D eigenvalue weighted by Gasteiger charge is -2.47. The average molecular weight is 586 g/mol. The Bertz CT molecular complexity index is 1440. The summed E-state index contributed by atoms with van der Waals surface area (Å²) < 4.78 is 17.8. The van der Waals surface area contributed by atoms with Crippen molar-refractivity contribution in [2.45, 2.75) is 75.5 Å². The van der Waals surface area contributed by atoms with Gasteiger partial charge >= 0.3 is 0 Å². The van der Waals surface area contributed by atoms with Gasteiger partial charge in [-0.15, -0.1) is 0 Å². The highest BCUT2D eigenvalue weighted by Gasteiger charge is 2.52. The van der Waals surface area contributed by atoms with Gasteiger partial charge in [0.2, 0.25) is 5.78 Å². The van der Waals surface area contributed by atoms with Crippen molar-refractivity contribution in [1.29, 1.82) is 0 Å². The number of aliphatic hydroxyl groups is 3. The van der Waals surface area contributed by atoms with Gasteiger partial charge in [-0.2, -0.15) is 0 Å². The number of ether oxygens (including phenoxy) is 3. The van der Waals surface area contributed by atoms with Gasteiger partial charge in [0.05, 0.1) is 53.8 Å². The molecule has 2 heterocycles. The van der Waals surface area contributed by atoms with Crippen LogP contribution in [0.25, 0.3) is 0 Å². The average Bonchev–Trinajstić information content (AvgIpc) is 2.97. The number of phenols is 3. The highest BCUT2D eigenvalue weighted by Crippen LogP contribution is 2.56. The molecule has 2 aliphatic carbocycles. The molecule has 0 saturated carbocycles. The van der Waals surface area contributed by atoms with Crippen LogP contribution in [0.1, 0.15) is 88.3 Å². The number of hydrogen-bond acceptors (Lipinski definition) is 12. The number of fused-ring (bicyclic) bond motifs is 3. The van der Waals surface area contributed by atoms with Gasteiger partial charge in [0.15, 0.2) is 12.1 Å². The van der Waals surface area contributed by atoms with Crippen LogP contribution in [-0.2, 0) is 14.2 Å². The molecule has 6 rings (SSSR count). The van der Waals surface area contributed by atoms with Crippen molar-refractivity contribution in [1.82, 2.24) is 4.90 Å². The maximum Gasteiger partial charge on any atom is 0.202 e. The number of morpholine rings is 1. The number of nitrogens with zero attached hydrogens (tertiary/aromatic N) is 1. The second-order valence-corrected chi connectivity index (χ2v) is 11.5. The van der Waals surface area contributed by atoms with Crippen LogP contribution >= 0.6 is 0 Å². The number of aromatic hydroxyl groups is 3. The van der Waals surface area contributed by atoms with Gasteiger partial charge in [0.1, 0.15) is 23.4 Å². The lowest BCUT2D eigenvalue weighted by Crippen LogP contribution is -2.58. The second kappa shape index (κ2) is 10.6. The minimum atomic E-state index is -1.82. The van der Waals surface area contributed by atoms with Crippen LogP contribution in [0.2, 0.25) is 0 Å². The molecule has 7 atom stereocenters. The smallest absolute Gasteiger partial charge is 0.202 e. The van der Waals surface area contributed by atoms with E-state index in [4.69, 9.17) is 14.2 Å². The first kappa shape index (κ1) is 29.0. The maximum atomic E-state index is 13.6. The number of rotatable bonds is 4. The van der Waals surface area contributed by atoms with E-state index in [-0.39, 0.29) is 47.6 Å². The quantitative estimate of drug-likeness (QED) is 0.242. The van der Waals surface area contributed by atoms with Crippen LogP contribution in [0.4, 0.5) is 0 Å². The first-order valence-electron chi connectivity index (χ1n) is 14.2. The van der Waals surface area contributed by atoms with Crippen LogP contribution in [0.5, 0.6) is 17.2 Å². The van der Waals surface area contributed by atoms with Gasteiger partial charge in [-0.05, 0) is 19.4 Å². The van der Waals surface area contributed by atoms with Gasteiger partial charge in [0, 0.05) is 48.7 Å². The molecule has 6 N–H and O–H groups in total. The van der Waals surface area contributed by atoms with Crippen molar-refractivity contribution in [2.75, 3.05) is 26.3 Å². The molecule has 0 radical (unpaired) electrons. The summed E-state index contributed by atoms with van der Waals surface area (Å²) in [6.07, 6.45) is -5.23. The Kier molecular flexibility index (Phi) is 7.29. The third-order valence-corrected chi connectivity index (χ3v) is 9.25. The summed E-state index contributed by atoms with van der Waals surface area (Å²) in [5.41, 5.74) is -3.80. The van der Waals surface area contributed by atoms with Crippen LogP contribution in [0.15, 0.2) is 18.2 Å². The minimum Gasteiger partial charge on any atom is -0.507 e. The summed E-state index contributed by atoms with van der Waals surface area (Å²) in [6, 6.07) is 3.60. The van der Waals surface area contributed by atoms with Gasteiger partial charge < -0.3 is 44.8 Å². The molecular formula is C30H35NO11. The Morgan fingerprint density at radius 2 is 1.67 bits per heavy atom. The molecule has 226 valence electrons. The summed E-state index contributed by atoms with van der Waals surface area (Å²) >= 11 is 0. The minimum absolute atomic E-state index is 0.0331. The number of hydrogen-bond donors (Lipinski definition) is 6. The molecule has 2 aromatic rings. The van der Waals surface area contributed by atoms with Crippen LogP contribution in [0, 0.1) is 0 Å². The number of carbonyl (C=O) groups is 2. The number of aliphatic hydroxyl groups excluding tert-OH is 2. The van der Waals surface area contributed by atoms with E-state index in [1.54, 1.807) is 13.8 Å². The fraction of sp³-hybridized carbons (Fsp3) is 0.533. The molecule has 0 bridgehead atoms. The molecule has 2 aromatic carbocycles. The van der Waals surface area contributed by atoms with Crippen molar-refractivity contribution in [2.24, 2.45) is 0 Å². The molecule has 4 aliphatic rings. The van der Waals surface area contributed by atoms with E-state index in [0.29, 0.717) is 26.3 Å². The van der Waals surface area contributed by atoms with E-state index in [1.807, 2.05) is 0 Å². The zero-order valence-electron chi connectivity index (χ0n) is 23.3. The molecule has 1 unspecified atom stereocenters. The van der Waals surface area contributed by atoms with Crippen molar-refractivity contribution in [3.63, 3.8) is 0 Å². The van der Waals surface area contributed by atoms with E-state index in [0.717, 1.165) is 0 Å². The molecule has 0 amide bonds. The van der Waals surface area contributed by atoms with Gasteiger partial charge in [-0.3, -0.25) is 14.5 Å². The highest BCUT2D eigenvalue weighted by molar-refractivity contribution is 6.31. The zero-order valence-corrected chi connectivity index (χ0v) is 23.3. The molecule has 12 nitrogen and oxygen atoms in total. The van der Waals surface area contributed by atoms with Crippen molar-refractivity contribution >= 4 is 11.6 Å². The predicted octanol–water partition coefficient (Wildman–Crippen LogP) is 1.41. The van der Waals surface area contributed by atoms with E-state index < -0.39 is 76.2 Å². The molecule has 2 fully saturated rings. The third-order valence-electron chi connectivity index (χ3n) is 9.25. The molecule has 0 aromatic heterocycles. The number of carbonyl (C=O) groups excluding carboxylic acids is 2. The number of benzene rings is 2. The Morgan fingerprint density at radius 1 is 1.00 bits per heavy atom. The highest BCUT2D eigenvalue weighted by atomic mass is 16.7. The standard InChI is InChI=1S/C30H35NO11/c1-3-30(39)12-17(42-18-11-15(24(33)13(2)41-18)31-7-9-40-10-8-31)20-23(29(30)38)28(37)21-22(27(20)36)26(35)19-14(25(21)34)5-4-6-16(19)32/h4-6,13,15,17-18,24,29,32-33,36-39H,3,7-12H2,1-2H3/t13-,15?,17-,18-,24+,29+,30+/m0/s1. The fourth-order valence-corrected chi connectivity index (χ4v) is 6.86. The zero-order chi connectivity index (χ0) is 30.1. The predicted molar refractivity (Wildman–Crippen MR) is 145 cm³/mol. The summed E-state index contributed by atoms with van der Waals surface area (Å²) in [6.45, 7) is 5.61. The van der Waals surface area contributed by atoms with E-state index in [9.17, 15) is 40.2 Å². The summed E-state index contributed by atoms with van der Waals surface area (Å²) in [7, 11) is 0. The molecule has 12 heteroatoms. The Morgan fingerprint density at radius 3 is 2.36 bits per heavy atom. The summed E-state index contributed by atoms with van der Waals surface area (Å²) in [5, 5.41) is 67.1. The van der Waals surface area contributed by atoms with Gasteiger partial charge in [-0.1, -0.05) is 19.1 Å². The SMILES string of the molecule is CC[C@@]1(O)C[C@H](O[C@H]2CC(N3CCOCC3)[C@H](O)[C@H](C)O2)c2c(O)c3c(c(O)c2[C@H]1O)C(=O)c1cccc(O)c1C3=O. The van der Waals surface area contributed by atoms with Gasteiger partial charge in [0.25, 0.3) is 0 Å². The number of phenolic OH excluding ortho intramolecular Hbond substituents is 3. The molecule has 0 spiro atoms. The Balaban J connectivity index is 1.44. The largest absolute Gasteiger partial charge is 0.507 e. The normalized spacial score (nSPS) is 33.2. The van der Waals surface area contributed by atoms with E-state index in [1.165, 1.54) is 18.2 Å². The lowest BCUT2D eigenvalue weighted by atomic mass is 9.70. The van der Waals surface area contributed by atoms with Crippen molar-refractivity contribution in [3.05, 3.63) is 51.6 Å². The first-order chi connectivity index (χ1) is 20.0. The summed E-state index contributed by atoms with van der Waals surface area (Å²) in [5.74, 6) is -3.61. The topological polar surface area (TPSA) is 186 Å². The van der Waals surface area contributed by atoms with Crippen LogP contribution in [0.3, 0.4) is 0 Å². The molecule has 2 saturated heterocycles. The van der Waals surface area contributed by atoms with E-state index in [2.05, 4.69) is 4.90 Å². The molecular weight excluding hydrogens is 550 g/mol. The number of ketones is 2. The summed E-state index contributed by atoms with van der Waals surface area (Å²) in [4.78, 5) is 29.2. The van der Waals surface area contributed by atoms with Crippen molar-refractivity contribution < 1.29 is 54.4 Å². The monoisotopic (exact) mass is 585 g/mol. The van der Waals surface area contributed by atoms with Gasteiger partial charge in [-0.25, -0.2) is 0 Å². The van der Waals surface area contributed by atoms with Crippen molar-refractivity contribution in [3.8, 4) is 17.2 Å².